The number of nitrogens with zero attached hydrogens (tertiary/aromatic N) is 1. The van der Waals surface area contributed by atoms with Crippen molar-refractivity contribution < 1.29 is 19.8 Å². The van der Waals surface area contributed by atoms with Crippen molar-refractivity contribution in [1.82, 2.24) is 0 Å². The molecule has 4 rings (SSSR count). The van der Waals surface area contributed by atoms with Crippen LogP contribution in [0.1, 0.15) is 65.7 Å². The predicted octanol–water partition coefficient (Wildman–Crippen LogP) is 2.51. The van der Waals surface area contributed by atoms with Crippen molar-refractivity contribution >= 4 is 11.5 Å². The molecule has 0 aromatic rings. The second-order valence-corrected chi connectivity index (χ2v) is 10.8. The number of hydrogen-bond donors (Lipinski definition) is 3. The maximum atomic E-state index is 12.6. The van der Waals surface area contributed by atoms with Gasteiger partial charge in [-0.2, -0.15) is 0 Å². The van der Waals surface area contributed by atoms with Gasteiger partial charge in [-0.25, -0.2) is 0 Å². The second kappa shape index (κ2) is 7.61. The number of carbonyl (C=O) groups excluding carboxylic acids is 1. The molecule has 6 nitrogen and oxygen atoms in total. The van der Waals surface area contributed by atoms with Crippen LogP contribution in [0.4, 0.5) is 0 Å². The van der Waals surface area contributed by atoms with Crippen molar-refractivity contribution in [3.63, 3.8) is 0 Å². The summed E-state index contributed by atoms with van der Waals surface area (Å²) < 4.78 is 0. The molecule has 0 amide bonds. The number of ketones is 1. The Balaban J connectivity index is 1.61. The number of Topliss-reactive ketones (excluding diaryl/α,β-unsaturated/α-hetero) is 1. The molecule has 4 N–H and O–H groups in total. The van der Waals surface area contributed by atoms with E-state index in [-0.39, 0.29) is 47.2 Å². The normalized spacial score (nSPS) is 49.3. The number of oxime groups is 1. The number of fused-ring (bicyclic) bond motifs is 5. The Labute approximate surface area is 174 Å². The van der Waals surface area contributed by atoms with E-state index in [1.807, 2.05) is 6.92 Å². The smallest absolute Gasteiger partial charge is 0.139 e. The van der Waals surface area contributed by atoms with E-state index in [1.54, 1.807) is 0 Å². The molecule has 9 atom stereocenters. The summed E-state index contributed by atoms with van der Waals surface area (Å²) in [4.78, 5) is 18.1. The van der Waals surface area contributed by atoms with Crippen LogP contribution in [0, 0.1) is 40.4 Å². The van der Waals surface area contributed by atoms with Crippen molar-refractivity contribution in [2.45, 2.75) is 77.9 Å². The van der Waals surface area contributed by atoms with Crippen molar-refractivity contribution in [3.8, 4) is 0 Å². The Kier molecular flexibility index (Phi) is 5.58. The van der Waals surface area contributed by atoms with E-state index >= 15 is 0 Å². The van der Waals surface area contributed by atoms with Gasteiger partial charge >= 0.3 is 0 Å². The third-order valence-corrected chi connectivity index (χ3v) is 9.24. The minimum Gasteiger partial charge on any atom is -0.396 e. The second-order valence-electron chi connectivity index (χ2n) is 10.8. The van der Waals surface area contributed by atoms with Crippen molar-refractivity contribution in [3.05, 3.63) is 0 Å². The summed E-state index contributed by atoms with van der Waals surface area (Å²) in [6.45, 7) is 6.76. The van der Waals surface area contributed by atoms with Gasteiger partial charge < -0.3 is 20.8 Å². The highest BCUT2D eigenvalue weighted by Gasteiger charge is 2.64. The number of aliphatic hydroxyl groups is 2. The average molecular weight is 407 g/mol. The summed E-state index contributed by atoms with van der Waals surface area (Å²) in [6.07, 6.45) is 5.59. The first-order valence-electron chi connectivity index (χ1n) is 11.5. The molecule has 0 radical (unpaired) electrons. The first kappa shape index (κ1) is 21.3. The zero-order valence-electron chi connectivity index (χ0n) is 18.1. The van der Waals surface area contributed by atoms with Crippen LogP contribution in [0.25, 0.3) is 0 Å². The molecule has 0 saturated heterocycles. The molecule has 0 bridgehead atoms. The van der Waals surface area contributed by atoms with Gasteiger partial charge in [0.15, 0.2) is 0 Å². The monoisotopic (exact) mass is 406 g/mol. The topological polar surface area (TPSA) is 105 Å². The van der Waals surface area contributed by atoms with Gasteiger partial charge in [0, 0.05) is 30.4 Å². The lowest BCUT2D eigenvalue weighted by molar-refractivity contribution is -0.188. The molecule has 0 aromatic carbocycles. The summed E-state index contributed by atoms with van der Waals surface area (Å²) in [5.41, 5.74) is 6.55. The van der Waals surface area contributed by atoms with Gasteiger partial charge in [0.2, 0.25) is 0 Å². The molecule has 4 aliphatic carbocycles. The fraction of sp³-hybridized carbons (Fsp3) is 0.913. The van der Waals surface area contributed by atoms with E-state index in [4.69, 9.17) is 10.6 Å². The Hall–Kier alpha value is -0.980. The molecule has 29 heavy (non-hydrogen) atoms. The van der Waals surface area contributed by atoms with E-state index in [1.165, 1.54) is 0 Å². The highest BCUT2D eigenvalue weighted by atomic mass is 16.6. The van der Waals surface area contributed by atoms with Gasteiger partial charge in [0.05, 0.1) is 11.8 Å². The SMILES string of the molecule is CC(N)CON=C1CC[C@@]2(C)C(C1)[C@@H](CO)[C@@H](O)[C@@H]1[C@@H]2CC[C@]2(C)C(=O)CC[C@@H]12. The predicted molar refractivity (Wildman–Crippen MR) is 111 cm³/mol. The highest BCUT2D eigenvalue weighted by molar-refractivity contribution is 5.87. The summed E-state index contributed by atoms with van der Waals surface area (Å²) in [6, 6.07) is -0.0543. The fourth-order valence-electron chi connectivity index (χ4n) is 7.59. The third-order valence-electron chi connectivity index (χ3n) is 9.24. The molecular formula is C23H38N2O4. The molecule has 6 heteroatoms. The number of carbonyl (C=O) groups is 1. The van der Waals surface area contributed by atoms with Crippen molar-refractivity contribution in [1.29, 1.82) is 0 Å². The largest absolute Gasteiger partial charge is 0.396 e. The lowest BCUT2D eigenvalue weighted by Gasteiger charge is -2.63. The van der Waals surface area contributed by atoms with Crippen LogP contribution in [0.15, 0.2) is 5.16 Å². The van der Waals surface area contributed by atoms with Crippen LogP contribution in [-0.2, 0) is 9.63 Å². The maximum Gasteiger partial charge on any atom is 0.139 e. The van der Waals surface area contributed by atoms with Gasteiger partial charge in [0.25, 0.3) is 0 Å². The van der Waals surface area contributed by atoms with Crippen molar-refractivity contribution in [2.75, 3.05) is 13.2 Å². The van der Waals surface area contributed by atoms with Crippen LogP contribution < -0.4 is 5.73 Å². The molecule has 4 saturated carbocycles. The van der Waals surface area contributed by atoms with Gasteiger partial charge in [-0.3, -0.25) is 4.79 Å². The molecule has 4 aliphatic rings. The van der Waals surface area contributed by atoms with Gasteiger partial charge in [0.1, 0.15) is 12.4 Å². The van der Waals surface area contributed by atoms with E-state index in [0.29, 0.717) is 24.7 Å². The van der Waals surface area contributed by atoms with Crippen LogP contribution in [-0.4, -0.2) is 47.1 Å². The zero-order valence-corrected chi connectivity index (χ0v) is 18.1. The Morgan fingerprint density at radius 2 is 1.97 bits per heavy atom. The molecule has 4 fully saturated rings. The number of rotatable bonds is 4. The third kappa shape index (κ3) is 3.26. The molecule has 0 heterocycles. The van der Waals surface area contributed by atoms with Crippen molar-refractivity contribution in [2.24, 2.45) is 51.3 Å². The van der Waals surface area contributed by atoms with Crippen LogP contribution in [0.5, 0.6) is 0 Å². The lowest BCUT2D eigenvalue weighted by Crippen LogP contribution is -2.62. The molecule has 0 spiro atoms. The standard InChI is InChI=1S/C23H38N2O4/c1-13(24)12-29-25-14-6-8-22(2)17-7-9-23(3)16(4-5-19(23)27)20(17)21(28)15(11-26)18(22)10-14/h13,15-18,20-21,26,28H,4-12,24H2,1-3H3/t13?,15-,16+,17+,18?,20+,21-,22-,23+/m1/s1. The molecule has 2 unspecified atom stereocenters. The Morgan fingerprint density at radius 3 is 2.66 bits per heavy atom. The van der Waals surface area contributed by atoms with E-state index in [9.17, 15) is 15.0 Å². The molecular weight excluding hydrogens is 368 g/mol. The number of hydrogen-bond acceptors (Lipinski definition) is 6. The Morgan fingerprint density at radius 1 is 1.21 bits per heavy atom. The van der Waals surface area contributed by atoms with E-state index in [0.717, 1.165) is 44.2 Å². The molecule has 164 valence electrons. The zero-order chi connectivity index (χ0) is 21.0. The quantitative estimate of drug-likeness (QED) is 0.622. The highest BCUT2D eigenvalue weighted by Crippen LogP contribution is 2.66. The average Bonchev–Trinajstić information content (AvgIpc) is 2.98. The fourth-order valence-corrected chi connectivity index (χ4v) is 7.59. The lowest BCUT2D eigenvalue weighted by atomic mass is 9.42. The Bertz CT molecular complexity index is 680. The summed E-state index contributed by atoms with van der Waals surface area (Å²) in [5, 5.41) is 26.1. The van der Waals surface area contributed by atoms with Crippen LogP contribution >= 0.6 is 0 Å². The van der Waals surface area contributed by atoms with Crippen LogP contribution in [0.3, 0.4) is 0 Å². The summed E-state index contributed by atoms with van der Waals surface area (Å²) >= 11 is 0. The van der Waals surface area contributed by atoms with Gasteiger partial charge in [-0.15, -0.1) is 0 Å². The summed E-state index contributed by atoms with van der Waals surface area (Å²) in [7, 11) is 0. The molecule has 0 aliphatic heterocycles. The number of aliphatic hydroxyl groups excluding tert-OH is 2. The minimum absolute atomic E-state index is 0.0179. The van der Waals surface area contributed by atoms with E-state index < -0.39 is 6.10 Å². The summed E-state index contributed by atoms with van der Waals surface area (Å²) in [5.74, 6) is 1.17. The first-order chi connectivity index (χ1) is 13.7. The minimum atomic E-state index is -0.553. The van der Waals surface area contributed by atoms with Crippen LogP contribution in [0.2, 0.25) is 0 Å². The number of nitrogens with two attached hydrogens (primary N) is 1. The molecule has 0 aromatic heterocycles. The van der Waals surface area contributed by atoms with Gasteiger partial charge in [-0.1, -0.05) is 19.0 Å². The van der Waals surface area contributed by atoms with E-state index in [2.05, 4.69) is 19.0 Å². The maximum absolute atomic E-state index is 12.6. The van der Waals surface area contributed by atoms with Gasteiger partial charge in [-0.05, 0) is 74.5 Å². The first-order valence-corrected chi connectivity index (χ1v) is 11.5.